The summed E-state index contributed by atoms with van der Waals surface area (Å²) in [6.07, 6.45) is 0.907. The third-order valence-corrected chi connectivity index (χ3v) is 5.46. The third kappa shape index (κ3) is 5.43. The minimum atomic E-state index is -3.79. The lowest BCUT2D eigenvalue weighted by molar-refractivity contribution is -0.386. The van der Waals surface area contributed by atoms with Crippen LogP contribution in [0, 0.1) is 15.9 Å². The number of carbonyl (C=O) groups is 1. The zero-order valence-corrected chi connectivity index (χ0v) is 17.1. The molecular weight excluding hydrogens is 425 g/mol. The number of nitrogens with zero attached hydrogens (tertiary/aromatic N) is 1. The first-order chi connectivity index (χ1) is 14.6. The van der Waals surface area contributed by atoms with Crippen LogP contribution in [-0.2, 0) is 16.4 Å². The smallest absolute Gasteiger partial charge is 0.310 e. The van der Waals surface area contributed by atoms with E-state index in [1.807, 2.05) is 0 Å². The SMILES string of the molecule is CS(=O)(=O)c1cccc(NCc2cccc(NC(=O)c3cccc(F)c3)c2)c1[N+](=O)[O-]. The highest BCUT2D eigenvalue weighted by molar-refractivity contribution is 7.90. The lowest BCUT2D eigenvalue weighted by Crippen LogP contribution is -2.12. The summed E-state index contributed by atoms with van der Waals surface area (Å²) in [5, 5.41) is 17.0. The molecule has 8 nitrogen and oxygen atoms in total. The van der Waals surface area contributed by atoms with Crippen molar-refractivity contribution in [3.8, 4) is 0 Å². The Morgan fingerprint density at radius 2 is 1.77 bits per heavy atom. The molecule has 0 atom stereocenters. The summed E-state index contributed by atoms with van der Waals surface area (Å²) in [6.45, 7) is 0.137. The summed E-state index contributed by atoms with van der Waals surface area (Å²) < 4.78 is 37.1. The Kier molecular flexibility index (Phi) is 6.30. The number of para-hydroxylation sites is 1. The van der Waals surface area contributed by atoms with Crippen molar-refractivity contribution in [1.82, 2.24) is 0 Å². The van der Waals surface area contributed by atoms with Gasteiger partial charge in [0.2, 0.25) is 0 Å². The number of carbonyl (C=O) groups excluding carboxylic acids is 1. The summed E-state index contributed by atoms with van der Waals surface area (Å²) in [7, 11) is -3.79. The van der Waals surface area contributed by atoms with E-state index >= 15 is 0 Å². The Labute approximate surface area is 177 Å². The number of benzene rings is 3. The van der Waals surface area contributed by atoms with Gasteiger partial charge in [-0.15, -0.1) is 0 Å². The maximum atomic E-state index is 13.3. The molecule has 3 rings (SSSR count). The van der Waals surface area contributed by atoms with Crippen LogP contribution in [0.3, 0.4) is 0 Å². The molecule has 3 aromatic rings. The van der Waals surface area contributed by atoms with Crippen LogP contribution in [0.2, 0.25) is 0 Å². The third-order valence-electron chi connectivity index (χ3n) is 4.34. The van der Waals surface area contributed by atoms with Gasteiger partial charge in [-0.3, -0.25) is 14.9 Å². The summed E-state index contributed by atoms with van der Waals surface area (Å²) in [4.78, 5) is 22.6. The first-order valence-corrected chi connectivity index (χ1v) is 10.9. The van der Waals surface area contributed by atoms with E-state index in [4.69, 9.17) is 0 Å². The zero-order chi connectivity index (χ0) is 22.6. The van der Waals surface area contributed by atoms with E-state index < -0.39 is 32.2 Å². The van der Waals surface area contributed by atoms with E-state index in [0.717, 1.165) is 12.3 Å². The van der Waals surface area contributed by atoms with Gasteiger partial charge >= 0.3 is 5.69 Å². The maximum absolute atomic E-state index is 13.3. The molecule has 31 heavy (non-hydrogen) atoms. The maximum Gasteiger partial charge on any atom is 0.310 e. The van der Waals surface area contributed by atoms with Crippen molar-refractivity contribution in [3.05, 3.63) is 93.8 Å². The molecule has 160 valence electrons. The van der Waals surface area contributed by atoms with Crippen LogP contribution in [-0.4, -0.2) is 25.5 Å². The van der Waals surface area contributed by atoms with Crippen molar-refractivity contribution in [2.45, 2.75) is 11.4 Å². The van der Waals surface area contributed by atoms with Crippen LogP contribution in [0.15, 0.2) is 71.6 Å². The topological polar surface area (TPSA) is 118 Å². The van der Waals surface area contributed by atoms with Crippen LogP contribution in [0.25, 0.3) is 0 Å². The monoisotopic (exact) mass is 443 g/mol. The number of nitro benzene ring substituents is 1. The fourth-order valence-corrected chi connectivity index (χ4v) is 3.80. The number of amides is 1. The van der Waals surface area contributed by atoms with Gasteiger partial charge in [0.15, 0.2) is 9.84 Å². The predicted molar refractivity (Wildman–Crippen MR) is 114 cm³/mol. The van der Waals surface area contributed by atoms with Crippen LogP contribution in [0.4, 0.5) is 21.5 Å². The van der Waals surface area contributed by atoms with Crippen molar-refractivity contribution >= 4 is 32.8 Å². The van der Waals surface area contributed by atoms with Gasteiger partial charge in [-0.2, -0.15) is 0 Å². The molecule has 0 heterocycles. The fraction of sp³-hybridized carbons (Fsp3) is 0.0952. The molecule has 0 saturated carbocycles. The molecule has 0 unspecified atom stereocenters. The second kappa shape index (κ2) is 8.92. The number of nitrogens with one attached hydrogen (secondary N) is 2. The summed E-state index contributed by atoms with van der Waals surface area (Å²) in [5.41, 5.74) is 0.823. The minimum absolute atomic E-state index is 0.0575. The number of nitro groups is 1. The summed E-state index contributed by atoms with van der Waals surface area (Å²) in [6, 6.07) is 16.0. The molecule has 0 aliphatic rings. The van der Waals surface area contributed by atoms with Crippen molar-refractivity contribution in [2.75, 3.05) is 16.9 Å². The van der Waals surface area contributed by atoms with Gasteiger partial charge in [0.05, 0.1) is 4.92 Å². The first-order valence-electron chi connectivity index (χ1n) is 9.02. The van der Waals surface area contributed by atoms with Crippen LogP contribution in [0.1, 0.15) is 15.9 Å². The Balaban J connectivity index is 1.78. The molecular formula is C21H18FN3O5S. The van der Waals surface area contributed by atoms with E-state index in [1.54, 1.807) is 24.3 Å². The van der Waals surface area contributed by atoms with Gasteiger partial charge in [0.1, 0.15) is 16.4 Å². The average molecular weight is 443 g/mol. The molecule has 3 aromatic carbocycles. The molecule has 10 heteroatoms. The van der Waals surface area contributed by atoms with E-state index in [9.17, 15) is 27.7 Å². The van der Waals surface area contributed by atoms with Gasteiger partial charge in [0, 0.05) is 24.1 Å². The zero-order valence-electron chi connectivity index (χ0n) is 16.3. The molecule has 0 aromatic heterocycles. The van der Waals surface area contributed by atoms with Crippen molar-refractivity contribution in [2.24, 2.45) is 0 Å². The number of hydrogen-bond acceptors (Lipinski definition) is 6. The second-order valence-electron chi connectivity index (χ2n) is 6.70. The van der Waals surface area contributed by atoms with E-state index in [-0.39, 0.29) is 22.7 Å². The minimum Gasteiger partial charge on any atom is -0.375 e. The highest BCUT2D eigenvalue weighted by Gasteiger charge is 2.25. The number of halogens is 1. The van der Waals surface area contributed by atoms with Crippen molar-refractivity contribution < 1.29 is 22.5 Å². The first kappa shape index (κ1) is 21.9. The lowest BCUT2D eigenvalue weighted by Gasteiger charge is -2.11. The fourth-order valence-electron chi connectivity index (χ4n) is 2.94. The summed E-state index contributed by atoms with van der Waals surface area (Å²) >= 11 is 0. The van der Waals surface area contributed by atoms with Crippen LogP contribution in [0.5, 0.6) is 0 Å². The normalized spacial score (nSPS) is 11.0. The number of sulfone groups is 1. The standard InChI is InChI=1S/C21H18FN3O5S/c1-31(29,30)19-10-4-9-18(20(19)25(27)28)23-13-14-5-2-8-17(11-14)24-21(26)15-6-3-7-16(22)12-15/h2-12,23H,13H2,1H3,(H,24,26). The molecule has 0 spiro atoms. The quantitative estimate of drug-likeness (QED) is 0.421. The molecule has 0 aliphatic heterocycles. The predicted octanol–water partition coefficient (Wildman–Crippen LogP) is 4.00. The Hall–Kier alpha value is -3.79. The van der Waals surface area contributed by atoms with Gasteiger partial charge in [-0.25, -0.2) is 12.8 Å². The lowest BCUT2D eigenvalue weighted by atomic mass is 10.1. The van der Waals surface area contributed by atoms with Gasteiger partial charge in [-0.05, 0) is 48.0 Å². The molecule has 0 radical (unpaired) electrons. The Bertz CT molecular complexity index is 1260. The number of rotatable bonds is 7. The molecule has 0 saturated heterocycles. The molecule has 0 bridgehead atoms. The van der Waals surface area contributed by atoms with Gasteiger partial charge < -0.3 is 10.6 Å². The second-order valence-corrected chi connectivity index (χ2v) is 8.68. The van der Waals surface area contributed by atoms with Crippen molar-refractivity contribution in [1.29, 1.82) is 0 Å². The van der Waals surface area contributed by atoms with Gasteiger partial charge in [-0.1, -0.05) is 24.3 Å². The Morgan fingerprint density at radius 3 is 2.45 bits per heavy atom. The van der Waals surface area contributed by atoms with E-state index in [1.165, 1.54) is 36.4 Å². The largest absolute Gasteiger partial charge is 0.375 e. The van der Waals surface area contributed by atoms with Crippen molar-refractivity contribution in [3.63, 3.8) is 0 Å². The highest BCUT2D eigenvalue weighted by atomic mass is 32.2. The molecule has 0 aliphatic carbocycles. The molecule has 2 N–H and O–H groups in total. The molecule has 0 fully saturated rings. The number of anilines is 2. The van der Waals surface area contributed by atoms with E-state index in [2.05, 4.69) is 10.6 Å². The van der Waals surface area contributed by atoms with Gasteiger partial charge in [0.25, 0.3) is 5.91 Å². The average Bonchev–Trinajstić information content (AvgIpc) is 2.71. The molecule has 1 amide bonds. The van der Waals surface area contributed by atoms with Crippen LogP contribution >= 0.6 is 0 Å². The highest BCUT2D eigenvalue weighted by Crippen LogP contribution is 2.32. The van der Waals surface area contributed by atoms with Crippen LogP contribution < -0.4 is 10.6 Å². The number of hydrogen-bond donors (Lipinski definition) is 2. The summed E-state index contributed by atoms with van der Waals surface area (Å²) in [5.74, 6) is -1.01. The Morgan fingerprint density at radius 1 is 1.06 bits per heavy atom. The van der Waals surface area contributed by atoms with E-state index in [0.29, 0.717) is 11.3 Å².